The molecule has 5 heteroatoms. The van der Waals surface area contributed by atoms with E-state index < -0.39 is 5.41 Å². The monoisotopic (exact) mass is 461 g/mol. The van der Waals surface area contributed by atoms with Crippen LogP contribution in [0.25, 0.3) is 0 Å². The maximum atomic E-state index is 9.21. The van der Waals surface area contributed by atoms with Crippen LogP contribution in [-0.2, 0) is 5.41 Å². The second-order valence-electron chi connectivity index (χ2n) is 6.35. The van der Waals surface area contributed by atoms with Crippen molar-refractivity contribution in [3.05, 3.63) is 104 Å². The molecule has 0 bridgehead atoms. The summed E-state index contributed by atoms with van der Waals surface area (Å²) in [5.41, 5.74) is 3.44. The van der Waals surface area contributed by atoms with Crippen molar-refractivity contribution in [2.45, 2.75) is 18.8 Å². The zero-order valence-electron chi connectivity index (χ0n) is 14.7. The molecular weight excluding hydrogens is 445 g/mol. The quantitative estimate of drug-likeness (QED) is 0.184. The van der Waals surface area contributed by atoms with Gasteiger partial charge in [-0.25, -0.2) is 0 Å². The molecule has 0 aliphatic rings. The predicted octanol–water partition coefficient (Wildman–Crippen LogP) is 7.25. The SMILES string of the molecule is Cc1ccccc1C(CC=NO)(c1ccc(Br)cc1)c1cc(Cl)ccc1Cl. The van der Waals surface area contributed by atoms with E-state index in [1.807, 2.05) is 30.3 Å². The molecule has 3 aromatic carbocycles. The summed E-state index contributed by atoms with van der Waals surface area (Å²) in [7, 11) is 0. The number of rotatable bonds is 5. The van der Waals surface area contributed by atoms with Gasteiger partial charge < -0.3 is 5.21 Å². The molecule has 0 spiro atoms. The van der Waals surface area contributed by atoms with Crippen LogP contribution in [0.15, 0.2) is 76.4 Å². The van der Waals surface area contributed by atoms with Gasteiger partial charge in [-0.2, -0.15) is 0 Å². The van der Waals surface area contributed by atoms with E-state index in [4.69, 9.17) is 23.2 Å². The molecule has 1 N–H and O–H groups in total. The van der Waals surface area contributed by atoms with E-state index in [2.05, 4.69) is 52.3 Å². The van der Waals surface area contributed by atoms with Gasteiger partial charge >= 0.3 is 0 Å². The maximum absolute atomic E-state index is 9.21. The van der Waals surface area contributed by atoms with Gasteiger partial charge in [0.25, 0.3) is 0 Å². The number of oxime groups is 1. The van der Waals surface area contributed by atoms with Crippen molar-refractivity contribution in [2.24, 2.45) is 5.16 Å². The zero-order chi connectivity index (χ0) is 19.4. The summed E-state index contributed by atoms with van der Waals surface area (Å²) in [5.74, 6) is 0. The number of nitrogens with zero attached hydrogens (tertiary/aromatic N) is 1. The van der Waals surface area contributed by atoms with Crippen LogP contribution in [0, 0.1) is 6.92 Å². The van der Waals surface area contributed by atoms with E-state index in [-0.39, 0.29) is 0 Å². The Morgan fingerprint density at radius 2 is 1.70 bits per heavy atom. The van der Waals surface area contributed by atoms with Crippen LogP contribution < -0.4 is 0 Å². The molecule has 0 fully saturated rings. The van der Waals surface area contributed by atoms with Crippen molar-refractivity contribution in [3.8, 4) is 0 Å². The summed E-state index contributed by atoms with van der Waals surface area (Å²) >= 11 is 16.5. The molecular formula is C22H18BrCl2NO. The number of hydrogen-bond acceptors (Lipinski definition) is 2. The van der Waals surface area contributed by atoms with Gasteiger partial charge in [0, 0.05) is 27.2 Å². The molecule has 0 saturated carbocycles. The van der Waals surface area contributed by atoms with Gasteiger partial charge in [0.1, 0.15) is 0 Å². The highest BCUT2D eigenvalue weighted by atomic mass is 79.9. The highest BCUT2D eigenvalue weighted by Gasteiger charge is 2.38. The fourth-order valence-electron chi connectivity index (χ4n) is 3.58. The van der Waals surface area contributed by atoms with Crippen molar-refractivity contribution in [1.82, 2.24) is 0 Å². The average molecular weight is 463 g/mol. The van der Waals surface area contributed by atoms with Crippen molar-refractivity contribution in [1.29, 1.82) is 0 Å². The predicted molar refractivity (Wildman–Crippen MR) is 117 cm³/mol. The van der Waals surface area contributed by atoms with E-state index in [9.17, 15) is 5.21 Å². The Morgan fingerprint density at radius 3 is 2.37 bits per heavy atom. The molecule has 27 heavy (non-hydrogen) atoms. The van der Waals surface area contributed by atoms with Gasteiger partial charge in [0.15, 0.2) is 0 Å². The second kappa shape index (κ2) is 8.47. The van der Waals surface area contributed by atoms with Crippen molar-refractivity contribution in [3.63, 3.8) is 0 Å². The standard InChI is InChI=1S/C22H18BrCl2NO/c1-15-4-2-3-5-19(15)22(12-13-26-27,16-6-8-17(23)9-7-16)20-14-18(24)10-11-21(20)25/h2-11,13-14,27H,12H2,1H3. The highest BCUT2D eigenvalue weighted by Crippen LogP contribution is 2.46. The summed E-state index contributed by atoms with van der Waals surface area (Å²) in [6.45, 7) is 2.07. The van der Waals surface area contributed by atoms with Gasteiger partial charge in [0.2, 0.25) is 0 Å². The Morgan fingerprint density at radius 1 is 1.00 bits per heavy atom. The van der Waals surface area contributed by atoms with Gasteiger partial charge in [0.05, 0.1) is 5.41 Å². The first-order chi connectivity index (χ1) is 13.0. The molecule has 3 aromatic rings. The number of aryl methyl sites for hydroxylation is 1. The molecule has 2 nitrogen and oxygen atoms in total. The summed E-state index contributed by atoms with van der Waals surface area (Å²) in [6.07, 6.45) is 1.93. The lowest BCUT2D eigenvalue weighted by Gasteiger charge is -2.37. The number of halogens is 3. The van der Waals surface area contributed by atoms with E-state index in [1.165, 1.54) is 6.21 Å². The Bertz CT molecular complexity index is 972. The lowest BCUT2D eigenvalue weighted by molar-refractivity contribution is 0.319. The summed E-state index contributed by atoms with van der Waals surface area (Å²) in [4.78, 5) is 0. The topological polar surface area (TPSA) is 32.6 Å². The van der Waals surface area contributed by atoms with Crippen LogP contribution in [0.5, 0.6) is 0 Å². The molecule has 1 atom stereocenters. The highest BCUT2D eigenvalue weighted by molar-refractivity contribution is 9.10. The molecule has 0 radical (unpaired) electrons. The van der Waals surface area contributed by atoms with Crippen LogP contribution in [0.1, 0.15) is 28.7 Å². The van der Waals surface area contributed by atoms with Crippen molar-refractivity contribution < 1.29 is 5.21 Å². The minimum absolute atomic E-state index is 0.427. The Balaban J connectivity index is 2.43. The lowest BCUT2D eigenvalue weighted by Crippen LogP contribution is -2.31. The van der Waals surface area contributed by atoms with E-state index in [0.717, 1.165) is 26.7 Å². The third-order valence-electron chi connectivity index (χ3n) is 4.81. The number of benzene rings is 3. The van der Waals surface area contributed by atoms with E-state index in [0.29, 0.717) is 16.5 Å². The van der Waals surface area contributed by atoms with Crippen LogP contribution in [0.3, 0.4) is 0 Å². The lowest BCUT2D eigenvalue weighted by atomic mass is 9.66. The van der Waals surface area contributed by atoms with E-state index in [1.54, 1.807) is 12.1 Å². The van der Waals surface area contributed by atoms with Gasteiger partial charge in [-0.3, -0.25) is 0 Å². The molecule has 3 rings (SSSR count). The Kier molecular flexibility index (Phi) is 6.25. The van der Waals surface area contributed by atoms with Crippen LogP contribution in [0.4, 0.5) is 0 Å². The summed E-state index contributed by atoms with van der Waals surface area (Å²) in [5, 5.41) is 13.7. The summed E-state index contributed by atoms with van der Waals surface area (Å²) in [6, 6.07) is 21.7. The first kappa shape index (κ1) is 19.9. The van der Waals surface area contributed by atoms with Crippen molar-refractivity contribution in [2.75, 3.05) is 0 Å². The summed E-state index contributed by atoms with van der Waals surface area (Å²) < 4.78 is 0.984. The fourth-order valence-corrected chi connectivity index (χ4v) is 4.30. The average Bonchev–Trinajstić information content (AvgIpc) is 2.67. The van der Waals surface area contributed by atoms with E-state index >= 15 is 0 Å². The fraction of sp³-hybridized carbons (Fsp3) is 0.136. The normalized spacial score (nSPS) is 13.6. The second-order valence-corrected chi connectivity index (χ2v) is 8.11. The van der Waals surface area contributed by atoms with Crippen LogP contribution in [0.2, 0.25) is 10.0 Å². The number of hydrogen-bond donors (Lipinski definition) is 1. The van der Waals surface area contributed by atoms with Crippen LogP contribution in [-0.4, -0.2) is 11.4 Å². The molecule has 0 aliphatic carbocycles. The molecule has 0 heterocycles. The molecule has 1 unspecified atom stereocenters. The van der Waals surface area contributed by atoms with Gasteiger partial charge in [-0.05, 0) is 59.5 Å². The minimum atomic E-state index is -0.653. The third-order valence-corrected chi connectivity index (χ3v) is 5.90. The van der Waals surface area contributed by atoms with Crippen molar-refractivity contribution >= 4 is 45.3 Å². The Labute approximate surface area is 177 Å². The molecule has 138 valence electrons. The molecule has 0 aromatic heterocycles. The molecule has 0 saturated heterocycles. The third kappa shape index (κ3) is 3.91. The zero-order valence-corrected chi connectivity index (χ0v) is 17.8. The smallest absolute Gasteiger partial charge is 0.0519 e. The maximum Gasteiger partial charge on any atom is 0.0519 e. The first-order valence-electron chi connectivity index (χ1n) is 8.42. The largest absolute Gasteiger partial charge is 0.411 e. The van der Waals surface area contributed by atoms with Gasteiger partial charge in [-0.15, -0.1) is 5.16 Å². The Hall–Kier alpha value is -1.81. The first-order valence-corrected chi connectivity index (χ1v) is 9.97. The molecule has 0 amide bonds. The molecule has 0 aliphatic heterocycles. The van der Waals surface area contributed by atoms with Crippen LogP contribution >= 0.6 is 39.1 Å². The van der Waals surface area contributed by atoms with Gasteiger partial charge in [-0.1, -0.05) is 75.5 Å². The minimum Gasteiger partial charge on any atom is -0.411 e.